The van der Waals surface area contributed by atoms with E-state index in [9.17, 15) is 0 Å². The van der Waals surface area contributed by atoms with Crippen LogP contribution in [0.4, 0.5) is 0 Å². The Kier molecular flexibility index (Phi) is 8.54. The Morgan fingerprint density at radius 2 is 0.675 bits per heavy atom. The van der Waals surface area contributed by atoms with Crippen molar-refractivity contribution in [2.75, 3.05) is 0 Å². The van der Waals surface area contributed by atoms with Crippen LogP contribution in [0.1, 0.15) is 126 Å². The zero-order chi connectivity index (χ0) is 28.3. The van der Waals surface area contributed by atoms with Gasteiger partial charge in [0.1, 0.15) is 0 Å². The van der Waals surface area contributed by atoms with Gasteiger partial charge >= 0.3 is 0 Å². The minimum absolute atomic E-state index is 0.0530. The van der Waals surface area contributed by atoms with Gasteiger partial charge in [0.15, 0.2) is 0 Å². The van der Waals surface area contributed by atoms with Crippen LogP contribution >= 0.6 is 0 Å². The van der Waals surface area contributed by atoms with Crippen LogP contribution < -0.4 is 0 Å². The molecule has 1 aliphatic heterocycles. The maximum atomic E-state index is 5.15. The molecule has 5 rings (SSSR count). The summed E-state index contributed by atoms with van der Waals surface area (Å²) < 4.78 is 0. The number of hydrogen-bond donors (Lipinski definition) is 0. The van der Waals surface area contributed by atoms with Crippen LogP contribution in [0.25, 0.3) is 0 Å². The molecule has 212 valence electrons. The predicted molar refractivity (Wildman–Crippen MR) is 173 cm³/mol. The van der Waals surface area contributed by atoms with Crippen molar-refractivity contribution in [3.05, 3.63) is 69.8 Å². The summed E-state index contributed by atoms with van der Waals surface area (Å²) >= 11 is 0. The first-order chi connectivity index (χ1) is 19.0. The van der Waals surface area contributed by atoms with E-state index in [0.29, 0.717) is 0 Å². The van der Waals surface area contributed by atoms with Crippen molar-refractivity contribution < 1.29 is 0 Å². The Bertz CT molecular complexity index is 1120. The second-order valence-corrected chi connectivity index (χ2v) is 14.2. The Balaban J connectivity index is 1.60. The zero-order valence-electron chi connectivity index (χ0n) is 25.5. The molecule has 4 bridgehead atoms. The van der Waals surface area contributed by atoms with Gasteiger partial charge in [-0.3, -0.25) is 20.0 Å². The molecule has 4 nitrogen and oxygen atoms in total. The highest BCUT2D eigenvalue weighted by molar-refractivity contribution is 5.88. The van der Waals surface area contributed by atoms with Crippen molar-refractivity contribution in [3.8, 4) is 0 Å². The van der Waals surface area contributed by atoms with E-state index in [1.165, 1.54) is 36.8 Å². The van der Waals surface area contributed by atoms with E-state index in [1.807, 2.05) is 0 Å². The van der Waals surface area contributed by atoms with Gasteiger partial charge in [0.25, 0.3) is 0 Å². The largest absolute Gasteiger partial charge is 0.287 e. The third-order valence-corrected chi connectivity index (χ3v) is 8.74. The summed E-state index contributed by atoms with van der Waals surface area (Å²) in [6, 6.07) is 14.5. The standard InChI is InChI=1S/C36H48N4/c1-35(2,3)29-17-25-15-26(18-29)22-38-32-12-8-10-14-34(32)40-24-28-16-27(19-30(20-28)36(4,5)6)23-39-33-13-9-7-11-31(33)37-21-25/h15-24,31-34H,7-14H2,1-6H3/t31-,32-,33-,34-/m1/s1. The fraction of sp³-hybridized carbons (Fsp3) is 0.556. The molecule has 2 aromatic rings. The van der Waals surface area contributed by atoms with Crippen LogP contribution in [0.2, 0.25) is 0 Å². The lowest BCUT2D eigenvalue weighted by Gasteiger charge is -2.26. The highest BCUT2D eigenvalue weighted by Gasteiger charge is 2.25. The molecule has 2 fully saturated rings. The van der Waals surface area contributed by atoms with E-state index >= 15 is 0 Å². The van der Waals surface area contributed by atoms with E-state index in [1.54, 1.807) is 0 Å². The fourth-order valence-electron chi connectivity index (χ4n) is 6.12. The molecule has 0 aromatic heterocycles. The zero-order valence-corrected chi connectivity index (χ0v) is 25.5. The molecule has 40 heavy (non-hydrogen) atoms. The van der Waals surface area contributed by atoms with Gasteiger partial charge in [-0.25, -0.2) is 0 Å². The lowest BCUT2D eigenvalue weighted by Crippen LogP contribution is -2.27. The van der Waals surface area contributed by atoms with Gasteiger partial charge in [-0.2, -0.15) is 0 Å². The molecule has 4 heteroatoms. The first-order valence-corrected chi connectivity index (χ1v) is 15.5. The number of fused-ring (bicyclic) bond motifs is 6. The summed E-state index contributed by atoms with van der Waals surface area (Å²) in [6.07, 6.45) is 17.6. The summed E-state index contributed by atoms with van der Waals surface area (Å²) in [4.78, 5) is 20.6. The van der Waals surface area contributed by atoms with Crippen molar-refractivity contribution in [2.45, 2.75) is 128 Å². The molecule has 0 spiro atoms. The van der Waals surface area contributed by atoms with Gasteiger partial charge in [0.2, 0.25) is 0 Å². The molecule has 2 saturated carbocycles. The third kappa shape index (κ3) is 7.25. The number of hydrogen-bond acceptors (Lipinski definition) is 4. The Morgan fingerprint density at radius 1 is 0.425 bits per heavy atom. The maximum absolute atomic E-state index is 5.15. The monoisotopic (exact) mass is 536 g/mol. The number of benzene rings is 2. The predicted octanol–water partition coefficient (Wildman–Crippen LogP) is 8.29. The van der Waals surface area contributed by atoms with Crippen molar-refractivity contribution in [2.24, 2.45) is 20.0 Å². The highest BCUT2D eigenvalue weighted by Crippen LogP contribution is 2.29. The van der Waals surface area contributed by atoms with Gasteiger partial charge in [-0.15, -0.1) is 0 Å². The first-order valence-electron chi connectivity index (χ1n) is 15.5. The fourth-order valence-corrected chi connectivity index (χ4v) is 6.12. The molecule has 1 heterocycles. The molecule has 2 aromatic carbocycles. The Morgan fingerprint density at radius 3 is 0.900 bits per heavy atom. The van der Waals surface area contributed by atoms with Gasteiger partial charge in [0.05, 0.1) is 24.2 Å². The van der Waals surface area contributed by atoms with E-state index in [0.717, 1.165) is 47.9 Å². The molecule has 4 atom stereocenters. The molecule has 0 unspecified atom stereocenters. The van der Waals surface area contributed by atoms with Crippen LogP contribution in [0.3, 0.4) is 0 Å². The Labute approximate surface area is 242 Å². The maximum Gasteiger partial charge on any atom is 0.0723 e. The number of nitrogens with zero attached hydrogens (tertiary/aromatic N) is 4. The van der Waals surface area contributed by atoms with Gasteiger partial charge < -0.3 is 0 Å². The normalized spacial score (nSPS) is 25.6. The van der Waals surface area contributed by atoms with E-state index < -0.39 is 0 Å². The van der Waals surface area contributed by atoms with Crippen molar-refractivity contribution >= 4 is 24.9 Å². The van der Waals surface area contributed by atoms with E-state index in [-0.39, 0.29) is 35.0 Å². The summed E-state index contributed by atoms with van der Waals surface area (Å²) in [6.45, 7) is 13.7. The SMILES string of the molecule is CC(C)(C)c1cc2cc(c1)C=N[C@@H]1CCCC[C@H]1N=Cc1cc(cc(C(C)(C)C)c1)C=N[C@@H]1CCCC[C@H]1N=C2. The lowest BCUT2D eigenvalue weighted by atomic mass is 9.85. The van der Waals surface area contributed by atoms with Gasteiger partial charge in [-0.05, 0) is 106 Å². The molecule has 0 saturated heterocycles. The van der Waals surface area contributed by atoms with Crippen molar-refractivity contribution in [1.82, 2.24) is 0 Å². The second kappa shape index (κ2) is 11.9. The molecule has 2 aliphatic carbocycles. The Hall–Kier alpha value is -2.88. The summed E-state index contributed by atoms with van der Waals surface area (Å²) in [5.41, 5.74) is 7.37. The minimum atomic E-state index is 0.0530. The quantitative estimate of drug-likeness (QED) is 0.325. The third-order valence-electron chi connectivity index (χ3n) is 8.74. The smallest absolute Gasteiger partial charge is 0.0723 e. The molecule has 0 amide bonds. The molecule has 3 aliphatic rings. The van der Waals surface area contributed by atoms with Crippen LogP contribution in [0, 0.1) is 0 Å². The van der Waals surface area contributed by atoms with E-state index in [4.69, 9.17) is 20.0 Å². The summed E-state index contributed by atoms with van der Waals surface area (Å²) in [5.74, 6) is 0. The minimum Gasteiger partial charge on any atom is -0.287 e. The molecule has 0 radical (unpaired) electrons. The molecule has 0 N–H and O–H groups in total. The van der Waals surface area contributed by atoms with Crippen LogP contribution in [-0.2, 0) is 10.8 Å². The van der Waals surface area contributed by atoms with Crippen LogP contribution in [0.5, 0.6) is 0 Å². The first kappa shape index (κ1) is 28.6. The van der Waals surface area contributed by atoms with Crippen molar-refractivity contribution in [1.29, 1.82) is 0 Å². The van der Waals surface area contributed by atoms with Crippen LogP contribution in [0.15, 0.2) is 56.4 Å². The average Bonchev–Trinajstić information content (AvgIpc) is 2.92. The second-order valence-electron chi connectivity index (χ2n) is 14.2. The van der Waals surface area contributed by atoms with Gasteiger partial charge in [-0.1, -0.05) is 67.2 Å². The molecular weight excluding hydrogens is 488 g/mol. The topological polar surface area (TPSA) is 49.4 Å². The number of rotatable bonds is 0. The van der Waals surface area contributed by atoms with Gasteiger partial charge in [0, 0.05) is 24.9 Å². The van der Waals surface area contributed by atoms with E-state index in [2.05, 4.69) is 103 Å². The highest BCUT2D eigenvalue weighted by atomic mass is 14.9. The number of aliphatic imine (C=N–C) groups is 4. The van der Waals surface area contributed by atoms with Crippen LogP contribution in [-0.4, -0.2) is 49.0 Å². The van der Waals surface area contributed by atoms with Crippen molar-refractivity contribution in [3.63, 3.8) is 0 Å². The molecular formula is C36H48N4. The summed E-state index contributed by atoms with van der Waals surface area (Å²) in [5, 5.41) is 0. The summed E-state index contributed by atoms with van der Waals surface area (Å²) in [7, 11) is 0. The average molecular weight is 537 g/mol. The lowest BCUT2D eigenvalue weighted by molar-refractivity contribution is 0.390.